The van der Waals surface area contributed by atoms with Gasteiger partial charge in [0.1, 0.15) is 0 Å². The van der Waals surface area contributed by atoms with E-state index in [-0.39, 0.29) is 27.9 Å². The summed E-state index contributed by atoms with van der Waals surface area (Å²) in [5.41, 5.74) is 3.17. The van der Waals surface area contributed by atoms with Crippen LogP contribution in [0, 0.1) is 26.7 Å². The lowest BCUT2D eigenvalue weighted by Crippen LogP contribution is -2.19. The predicted octanol–water partition coefficient (Wildman–Crippen LogP) is 4.83. The highest BCUT2D eigenvalue weighted by atomic mass is 32.2. The van der Waals surface area contributed by atoms with Crippen molar-refractivity contribution in [1.82, 2.24) is 14.2 Å². The van der Waals surface area contributed by atoms with Crippen LogP contribution in [0.15, 0.2) is 59.8 Å². The molecule has 2 heterocycles. The van der Waals surface area contributed by atoms with E-state index in [2.05, 4.69) is 20.7 Å². The van der Waals surface area contributed by atoms with Gasteiger partial charge in [-0.2, -0.15) is 17.6 Å². The number of hydrogen-bond acceptors (Lipinski definition) is 6. The normalized spacial score (nSPS) is 11.6. The Kier molecular flexibility index (Phi) is 7.13. The topological polar surface area (TPSA) is 123 Å². The van der Waals surface area contributed by atoms with E-state index in [0.29, 0.717) is 34.3 Å². The lowest BCUT2D eigenvalue weighted by Gasteiger charge is -2.13. The van der Waals surface area contributed by atoms with Crippen LogP contribution in [0.25, 0.3) is 10.9 Å². The van der Waals surface area contributed by atoms with Crippen LogP contribution in [-0.2, 0) is 14.8 Å². The summed E-state index contributed by atoms with van der Waals surface area (Å²) in [5.74, 6) is -0.601. The number of hydrogen-bond donors (Lipinski definition) is 2. The van der Waals surface area contributed by atoms with E-state index in [0.717, 1.165) is 9.65 Å². The van der Waals surface area contributed by atoms with Gasteiger partial charge in [-0.25, -0.2) is 0 Å². The van der Waals surface area contributed by atoms with Crippen LogP contribution in [0.4, 0.5) is 11.4 Å². The van der Waals surface area contributed by atoms with Crippen molar-refractivity contribution in [3.8, 4) is 0 Å². The summed E-state index contributed by atoms with van der Waals surface area (Å²) >= 11 is 0. The number of rotatable bonds is 7. The number of carbonyl (C=O) groups is 2. The molecule has 0 saturated heterocycles. The number of carbonyl (C=O) groups excluding carboxylic acids is 2. The Bertz CT molecular complexity index is 1590. The summed E-state index contributed by atoms with van der Waals surface area (Å²) in [5, 5.41) is 10.1. The number of aryl methyl sites for hydroxylation is 3. The summed E-state index contributed by atoms with van der Waals surface area (Å²) in [6, 6.07) is 11.5. The molecule has 0 atom stereocenters. The van der Waals surface area contributed by atoms with Gasteiger partial charge in [-0.3, -0.25) is 14.6 Å². The highest BCUT2D eigenvalue weighted by Crippen LogP contribution is 2.30. The highest BCUT2D eigenvalue weighted by molar-refractivity contribution is 7.90. The Morgan fingerprint density at radius 3 is 2.19 bits per heavy atom. The molecule has 0 fully saturated rings. The third-order valence-electron chi connectivity index (χ3n) is 5.77. The standard InChI is InChI=1S/C27H29N5O4S/c1-16(2)12-24(33)29-21-6-7-23-22(15-21)25(27(34)30-20-8-10-28-11-9-20)31-32(23)37(35,36)26-18(4)13-17(3)14-19(26)5/h6-11,13-16H,12H2,1-5H3,(H,29,33)(H,28,30,34). The number of pyridine rings is 1. The molecule has 0 aliphatic rings. The van der Waals surface area contributed by atoms with Crippen LogP contribution < -0.4 is 10.6 Å². The Morgan fingerprint density at radius 2 is 1.57 bits per heavy atom. The van der Waals surface area contributed by atoms with E-state index >= 15 is 0 Å². The van der Waals surface area contributed by atoms with Crippen LogP contribution in [0.2, 0.25) is 0 Å². The van der Waals surface area contributed by atoms with Crippen molar-refractivity contribution in [3.05, 3.63) is 77.2 Å². The first-order valence-electron chi connectivity index (χ1n) is 11.8. The van der Waals surface area contributed by atoms with E-state index in [9.17, 15) is 18.0 Å². The minimum Gasteiger partial charge on any atom is -0.326 e. The zero-order chi connectivity index (χ0) is 26.9. The molecule has 2 N–H and O–H groups in total. The molecule has 2 aromatic carbocycles. The molecule has 9 nitrogen and oxygen atoms in total. The Hall–Kier alpha value is -4.05. The maximum atomic E-state index is 13.9. The molecular weight excluding hydrogens is 490 g/mol. The lowest BCUT2D eigenvalue weighted by atomic mass is 10.1. The van der Waals surface area contributed by atoms with Gasteiger partial charge in [0.25, 0.3) is 15.9 Å². The summed E-state index contributed by atoms with van der Waals surface area (Å²) in [6.07, 6.45) is 3.39. The van der Waals surface area contributed by atoms with Gasteiger partial charge in [0, 0.05) is 35.6 Å². The fraction of sp³-hybridized carbons (Fsp3) is 0.259. The number of nitrogens with zero attached hydrogens (tertiary/aromatic N) is 3. The predicted molar refractivity (Wildman–Crippen MR) is 143 cm³/mol. The molecule has 0 aliphatic carbocycles. The van der Waals surface area contributed by atoms with Gasteiger partial charge in [-0.1, -0.05) is 31.5 Å². The summed E-state index contributed by atoms with van der Waals surface area (Å²) in [7, 11) is -4.15. The van der Waals surface area contributed by atoms with Crippen molar-refractivity contribution in [3.63, 3.8) is 0 Å². The summed E-state index contributed by atoms with van der Waals surface area (Å²) in [6.45, 7) is 9.24. The number of nitrogens with one attached hydrogen (secondary N) is 2. The smallest absolute Gasteiger partial charge is 0.284 e. The van der Waals surface area contributed by atoms with Crippen molar-refractivity contribution in [1.29, 1.82) is 0 Å². The fourth-order valence-electron chi connectivity index (χ4n) is 4.39. The van der Waals surface area contributed by atoms with Crippen molar-refractivity contribution >= 4 is 44.1 Å². The van der Waals surface area contributed by atoms with Crippen LogP contribution in [0.5, 0.6) is 0 Å². The SMILES string of the molecule is Cc1cc(C)c(S(=O)(=O)n2nc(C(=O)Nc3ccncc3)c3cc(NC(=O)CC(C)C)ccc32)c(C)c1. The van der Waals surface area contributed by atoms with Crippen molar-refractivity contribution in [2.45, 2.75) is 45.9 Å². The Labute approximate surface area is 216 Å². The largest absolute Gasteiger partial charge is 0.326 e. The van der Waals surface area contributed by atoms with Gasteiger partial charge in [-0.15, -0.1) is 0 Å². The van der Waals surface area contributed by atoms with Crippen molar-refractivity contribution in [2.24, 2.45) is 5.92 Å². The first-order chi connectivity index (χ1) is 17.5. The second-order valence-electron chi connectivity index (χ2n) is 9.49. The zero-order valence-electron chi connectivity index (χ0n) is 21.4. The molecule has 4 aromatic rings. The number of amides is 2. The fourth-order valence-corrected chi connectivity index (χ4v) is 6.10. The van der Waals surface area contributed by atoms with Gasteiger partial charge in [0.2, 0.25) is 5.91 Å². The maximum Gasteiger partial charge on any atom is 0.284 e. The quantitative estimate of drug-likeness (QED) is 0.361. The van der Waals surface area contributed by atoms with Gasteiger partial charge in [0.15, 0.2) is 5.69 Å². The van der Waals surface area contributed by atoms with E-state index in [1.165, 1.54) is 12.4 Å². The number of anilines is 2. The van der Waals surface area contributed by atoms with Gasteiger partial charge in [0.05, 0.1) is 10.4 Å². The average Bonchev–Trinajstić information content (AvgIpc) is 3.18. The zero-order valence-corrected chi connectivity index (χ0v) is 22.2. The van der Waals surface area contributed by atoms with E-state index in [4.69, 9.17) is 0 Å². The Balaban J connectivity index is 1.87. The van der Waals surface area contributed by atoms with Crippen LogP contribution in [0.3, 0.4) is 0 Å². The molecule has 4 rings (SSSR count). The molecule has 10 heteroatoms. The summed E-state index contributed by atoms with van der Waals surface area (Å²) in [4.78, 5) is 29.7. The van der Waals surface area contributed by atoms with Crippen LogP contribution in [-0.4, -0.2) is 34.4 Å². The molecule has 2 amide bonds. The van der Waals surface area contributed by atoms with Crippen molar-refractivity contribution < 1.29 is 18.0 Å². The van der Waals surface area contributed by atoms with Gasteiger partial charge < -0.3 is 10.6 Å². The molecule has 0 bridgehead atoms. The molecule has 37 heavy (non-hydrogen) atoms. The van der Waals surface area contributed by atoms with Crippen LogP contribution in [0.1, 0.15) is 47.4 Å². The summed E-state index contributed by atoms with van der Waals surface area (Å²) < 4.78 is 28.6. The Morgan fingerprint density at radius 1 is 0.919 bits per heavy atom. The molecule has 0 radical (unpaired) electrons. The molecule has 0 unspecified atom stereocenters. The minimum atomic E-state index is -4.15. The highest BCUT2D eigenvalue weighted by Gasteiger charge is 2.28. The third kappa shape index (κ3) is 5.39. The van der Waals surface area contributed by atoms with E-state index in [1.807, 2.05) is 20.8 Å². The van der Waals surface area contributed by atoms with Crippen LogP contribution >= 0.6 is 0 Å². The maximum absolute atomic E-state index is 13.9. The van der Waals surface area contributed by atoms with Gasteiger partial charge in [-0.05, 0) is 68.1 Å². The number of aromatic nitrogens is 3. The molecular formula is C27H29N5O4S. The van der Waals surface area contributed by atoms with E-state index < -0.39 is 15.9 Å². The van der Waals surface area contributed by atoms with E-state index in [1.54, 1.807) is 56.3 Å². The molecule has 0 saturated carbocycles. The first-order valence-corrected chi connectivity index (χ1v) is 13.3. The lowest BCUT2D eigenvalue weighted by molar-refractivity contribution is -0.116. The monoisotopic (exact) mass is 519 g/mol. The second-order valence-corrected chi connectivity index (χ2v) is 11.2. The third-order valence-corrected chi connectivity index (χ3v) is 7.66. The minimum absolute atomic E-state index is 0.0854. The molecule has 0 aliphatic heterocycles. The van der Waals surface area contributed by atoms with Crippen molar-refractivity contribution in [2.75, 3.05) is 10.6 Å². The second kappa shape index (κ2) is 10.1. The first kappa shape index (κ1) is 26.0. The molecule has 0 spiro atoms. The van der Waals surface area contributed by atoms with Gasteiger partial charge >= 0.3 is 0 Å². The number of fused-ring (bicyclic) bond motifs is 1. The molecule has 2 aromatic heterocycles. The molecule has 192 valence electrons. The number of benzene rings is 2. The average molecular weight is 520 g/mol.